The number of ether oxygens (including phenoxy) is 1. The van der Waals surface area contributed by atoms with Crippen LogP contribution in [-0.2, 0) is 0 Å². The van der Waals surface area contributed by atoms with Crippen LogP contribution in [0.1, 0.15) is 30.6 Å². The molecule has 3 N–H and O–H groups in total. The first kappa shape index (κ1) is 14.8. The molecular formula is C13H18N2O4. The Morgan fingerprint density at radius 3 is 2.63 bits per heavy atom. The average Bonchev–Trinajstić information content (AvgIpc) is 2.38. The fraction of sp³-hybridized carbons (Fsp3) is 0.385. The highest BCUT2D eigenvalue weighted by molar-refractivity contribution is 5.94. The summed E-state index contributed by atoms with van der Waals surface area (Å²) in [5, 5.41) is 14.2. The predicted molar refractivity (Wildman–Crippen MR) is 71.9 cm³/mol. The maximum atomic E-state index is 11.7. The van der Waals surface area contributed by atoms with Gasteiger partial charge in [0, 0.05) is 6.04 Å². The number of anilines is 1. The number of carbonyl (C=O) groups is 2. The van der Waals surface area contributed by atoms with Crippen molar-refractivity contribution < 1.29 is 19.4 Å². The summed E-state index contributed by atoms with van der Waals surface area (Å²) in [6.45, 7) is 3.83. The lowest BCUT2D eigenvalue weighted by atomic mass is 10.2. The Balaban J connectivity index is 2.88. The van der Waals surface area contributed by atoms with Gasteiger partial charge in [-0.1, -0.05) is 6.92 Å². The molecule has 1 aromatic rings. The van der Waals surface area contributed by atoms with Crippen LogP contribution >= 0.6 is 0 Å². The van der Waals surface area contributed by atoms with Crippen molar-refractivity contribution in [2.45, 2.75) is 26.3 Å². The van der Waals surface area contributed by atoms with E-state index in [-0.39, 0.29) is 11.6 Å². The van der Waals surface area contributed by atoms with Crippen LogP contribution < -0.4 is 15.4 Å². The Morgan fingerprint density at radius 1 is 1.42 bits per heavy atom. The van der Waals surface area contributed by atoms with Gasteiger partial charge >= 0.3 is 12.0 Å². The van der Waals surface area contributed by atoms with E-state index in [9.17, 15) is 9.59 Å². The average molecular weight is 266 g/mol. The zero-order valence-corrected chi connectivity index (χ0v) is 11.2. The molecule has 0 aliphatic carbocycles. The molecule has 0 aliphatic heterocycles. The number of methoxy groups -OCH3 is 1. The van der Waals surface area contributed by atoms with Gasteiger partial charge in [-0.25, -0.2) is 9.59 Å². The monoisotopic (exact) mass is 266 g/mol. The van der Waals surface area contributed by atoms with E-state index in [0.717, 1.165) is 6.42 Å². The number of hydrogen-bond donors (Lipinski definition) is 3. The number of urea groups is 1. The molecule has 19 heavy (non-hydrogen) atoms. The zero-order valence-electron chi connectivity index (χ0n) is 11.2. The van der Waals surface area contributed by atoms with E-state index >= 15 is 0 Å². The SMILES string of the molecule is CCC(C)NC(=O)Nc1cc(C(=O)O)ccc1OC. The molecule has 0 saturated heterocycles. The van der Waals surface area contributed by atoms with Crippen molar-refractivity contribution in [1.82, 2.24) is 5.32 Å². The highest BCUT2D eigenvalue weighted by Crippen LogP contribution is 2.25. The van der Waals surface area contributed by atoms with E-state index < -0.39 is 12.0 Å². The molecule has 1 unspecified atom stereocenters. The van der Waals surface area contributed by atoms with Gasteiger partial charge in [-0.05, 0) is 31.5 Å². The van der Waals surface area contributed by atoms with Gasteiger partial charge in [-0.3, -0.25) is 0 Å². The number of aromatic carboxylic acids is 1. The second kappa shape index (κ2) is 6.63. The highest BCUT2D eigenvalue weighted by atomic mass is 16.5. The molecule has 0 fully saturated rings. The number of benzene rings is 1. The molecule has 0 spiro atoms. The molecule has 6 nitrogen and oxygen atoms in total. The topological polar surface area (TPSA) is 87.7 Å². The van der Waals surface area contributed by atoms with Gasteiger partial charge in [-0.2, -0.15) is 0 Å². The molecule has 1 rings (SSSR count). The molecule has 1 aromatic carbocycles. The smallest absolute Gasteiger partial charge is 0.335 e. The van der Waals surface area contributed by atoms with Gasteiger partial charge in [0.05, 0.1) is 18.4 Å². The van der Waals surface area contributed by atoms with E-state index in [0.29, 0.717) is 11.4 Å². The van der Waals surface area contributed by atoms with Crippen LogP contribution in [0.2, 0.25) is 0 Å². The Morgan fingerprint density at radius 2 is 2.11 bits per heavy atom. The fourth-order valence-corrected chi connectivity index (χ4v) is 1.42. The fourth-order valence-electron chi connectivity index (χ4n) is 1.42. The predicted octanol–water partition coefficient (Wildman–Crippen LogP) is 2.31. The molecule has 0 aromatic heterocycles. The minimum atomic E-state index is -1.06. The summed E-state index contributed by atoms with van der Waals surface area (Å²) in [5.74, 6) is -0.655. The third-order valence-corrected chi connectivity index (χ3v) is 2.68. The van der Waals surface area contributed by atoms with Crippen molar-refractivity contribution in [2.24, 2.45) is 0 Å². The molecule has 2 amide bonds. The van der Waals surface area contributed by atoms with Crippen LogP contribution in [0, 0.1) is 0 Å². The number of carboxylic acid groups (broad SMARTS) is 1. The lowest BCUT2D eigenvalue weighted by Gasteiger charge is -2.14. The molecule has 0 saturated carbocycles. The number of nitrogens with one attached hydrogen (secondary N) is 2. The second-order valence-corrected chi connectivity index (χ2v) is 4.13. The highest BCUT2D eigenvalue weighted by Gasteiger charge is 2.12. The summed E-state index contributed by atoms with van der Waals surface area (Å²) in [6.07, 6.45) is 0.805. The Kier molecular flexibility index (Phi) is 5.17. The molecular weight excluding hydrogens is 248 g/mol. The first-order valence-electron chi connectivity index (χ1n) is 5.96. The molecule has 1 atom stereocenters. The van der Waals surface area contributed by atoms with E-state index in [1.54, 1.807) is 0 Å². The quantitative estimate of drug-likeness (QED) is 0.763. The third-order valence-electron chi connectivity index (χ3n) is 2.68. The molecule has 104 valence electrons. The van der Waals surface area contributed by atoms with E-state index in [1.807, 2.05) is 13.8 Å². The van der Waals surface area contributed by atoms with Crippen LogP contribution in [0.3, 0.4) is 0 Å². The lowest BCUT2D eigenvalue weighted by Crippen LogP contribution is -2.35. The van der Waals surface area contributed by atoms with Gasteiger partial charge < -0.3 is 20.5 Å². The van der Waals surface area contributed by atoms with Crippen LogP contribution in [0.5, 0.6) is 5.75 Å². The van der Waals surface area contributed by atoms with Crippen molar-refractivity contribution in [3.05, 3.63) is 23.8 Å². The van der Waals surface area contributed by atoms with Gasteiger partial charge in [0.15, 0.2) is 0 Å². The van der Waals surface area contributed by atoms with Crippen LogP contribution in [0.25, 0.3) is 0 Å². The number of carboxylic acids is 1. The van der Waals surface area contributed by atoms with Crippen molar-refractivity contribution in [3.8, 4) is 5.75 Å². The molecule has 0 heterocycles. The van der Waals surface area contributed by atoms with Crippen molar-refractivity contribution in [1.29, 1.82) is 0 Å². The zero-order chi connectivity index (χ0) is 14.4. The first-order valence-corrected chi connectivity index (χ1v) is 5.96. The van der Waals surface area contributed by atoms with Crippen molar-refractivity contribution in [3.63, 3.8) is 0 Å². The standard InChI is InChI=1S/C13H18N2O4/c1-4-8(2)14-13(18)15-10-7-9(12(16)17)5-6-11(10)19-3/h5-8H,4H2,1-3H3,(H,16,17)(H2,14,15,18). The summed E-state index contributed by atoms with van der Waals surface area (Å²) < 4.78 is 5.08. The normalized spacial score (nSPS) is 11.5. The Bertz CT molecular complexity index is 474. The summed E-state index contributed by atoms with van der Waals surface area (Å²) >= 11 is 0. The number of rotatable bonds is 5. The summed E-state index contributed by atoms with van der Waals surface area (Å²) in [5.41, 5.74) is 0.405. The molecule has 6 heteroatoms. The molecule has 0 radical (unpaired) electrons. The van der Waals surface area contributed by atoms with Crippen LogP contribution in [0.4, 0.5) is 10.5 Å². The first-order chi connectivity index (χ1) is 8.97. The van der Waals surface area contributed by atoms with Gasteiger partial charge in [0.2, 0.25) is 0 Å². The minimum Gasteiger partial charge on any atom is -0.495 e. The third kappa shape index (κ3) is 4.17. The van der Waals surface area contributed by atoms with Crippen molar-refractivity contribution >= 4 is 17.7 Å². The summed E-state index contributed by atoms with van der Waals surface area (Å²) in [4.78, 5) is 22.6. The van der Waals surface area contributed by atoms with Crippen molar-refractivity contribution in [2.75, 3.05) is 12.4 Å². The number of hydrogen-bond acceptors (Lipinski definition) is 3. The molecule has 0 aliphatic rings. The largest absolute Gasteiger partial charge is 0.495 e. The Labute approximate surface area is 111 Å². The van der Waals surface area contributed by atoms with Gasteiger partial charge in [0.1, 0.15) is 5.75 Å². The van der Waals surface area contributed by atoms with Gasteiger partial charge in [-0.15, -0.1) is 0 Å². The maximum absolute atomic E-state index is 11.7. The van der Waals surface area contributed by atoms with E-state index in [1.165, 1.54) is 25.3 Å². The van der Waals surface area contributed by atoms with Crippen LogP contribution in [0.15, 0.2) is 18.2 Å². The maximum Gasteiger partial charge on any atom is 0.335 e. The lowest BCUT2D eigenvalue weighted by molar-refractivity contribution is 0.0697. The summed E-state index contributed by atoms with van der Waals surface area (Å²) in [6, 6.07) is 3.92. The van der Waals surface area contributed by atoms with E-state index in [4.69, 9.17) is 9.84 Å². The number of carbonyl (C=O) groups excluding carboxylic acids is 1. The van der Waals surface area contributed by atoms with E-state index in [2.05, 4.69) is 10.6 Å². The van der Waals surface area contributed by atoms with Crippen LogP contribution in [-0.4, -0.2) is 30.3 Å². The molecule has 0 bridgehead atoms. The number of amides is 2. The Hall–Kier alpha value is -2.24. The summed E-state index contributed by atoms with van der Waals surface area (Å²) in [7, 11) is 1.45. The minimum absolute atomic E-state index is 0.0358. The second-order valence-electron chi connectivity index (χ2n) is 4.13. The van der Waals surface area contributed by atoms with Gasteiger partial charge in [0.25, 0.3) is 0 Å².